The zero-order valence-electron chi connectivity index (χ0n) is 9.34. The van der Waals surface area contributed by atoms with Gasteiger partial charge in [0.1, 0.15) is 0 Å². The summed E-state index contributed by atoms with van der Waals surface area (Å²) in [6.07, 6.45) is 3.92. The molecule has 0 amide bonds. The molecule has 0 atom stereocenters. The Morgan fingerprint density at radius 1 is 1.07 bits per heavy atom. The Hall–Kier alpha value is -1.24. The van der Waals surface area contributed by atoms with Crippen molar-refractivity contribution in [3.8, 4) is 0 Å². The third-order valence-electron chi connectivity index (χ3n) is 3.68. The van der Waals surface area contributed by atoms with Crippen molar-refractivity contribution in [3.63, 3.8) is 0 Å². The summed E-state index contributed by atoms with van der Waals surface area (Å²) in [6, 6.07) is 4.86. The van der Waals surface area contributed by atoms with Gasteiger partial charge in [-0.25, -0.2) is 0 Å². The van der Waals surface area contributed by atoms with Gasteiger partial charge in [0.25, 0.3) is 0 Å². The summed E-state index contributed by atoms with van der Waals surface area (Å²) in [4.78, 5) is 2.36. The Morgan fingerprint density at radius 3 is 2.07 bits per heavy atom. The monoisotopic (exact) mass is 199 g/mol. The number of nitrogens with zero attached hydrogens (tertiary/aromatic N) is 1. The first kappa shape index (κ1) is 9.02. The molecule has 1 aromatic rings. The number of fused-ring (bicyclic) bond motifs is 2. The minimum Gasteiger partial charge on any atom is -0.367 e. The number of hydrogen-bond donors (Lipinski definition) is 0. The molecule has 0 saturated carbocycles. The van der Waals surface area contributed by atoms with E-state index in [9.17, 15) is 0 Å². The van der Waals surface area contributed by atoms with Crippen molar-refractivity contribution in [2.75, 3.05) is 0 Å². The van der Waals surface area contributed by atoms with Gasteiger partial charge in [-0.05, 0) is 48.4 Å². The minimum absolute atomic E-state index is 1.07. The smallest absolute Gasteiger partial charge is 0.0433 e. The largest absolute Gasteiger partial charge is 0.367 e. The lowest BCUT2D eigenvalue weighted by Crippen LogP contribution is -2.12. The van der Waals surface area contributed by atoms with Crippen LogP contribution in [0, 0.1) is 0 Å². The third-order valence-corrected chi connectivity index (χ3v) is 3.68. The number of rotatable bonds is 1. The van der Waals surface area contributed by atoms with Crippen molar-refractivity contribution in [2.24, 2.45) is 0 Å². The predicted octanol–water partition coefficient (Wildman–Crippen LogP) is 3.02. The van der Waals surface area contributed by atoms with Crippen LogP contribution in [-0.4, -0.2) is 4.90 Å². The number of allylic oxidation sites excluding steroid dienone is 1. The lowest BCUT2D eigenvalue weighted by Gasteiger charge is -2.16. The van der Waals surface area contributed by atoms with Crippen LogP contribution < -0.4 is 0 Å². The van der Waals surface area contributed by atoms with Crippen molar-refractivity contribution in [1.82, 2.24) is 4.90 Å². The van der Waals surface area contributed by atoms with E-state index in [4.69, 9.17) is 0 Å². The van der Waals surface area contributed by atoms with Crippen LogP contribution in [-0.2, 0) is 25.9 Å². The van der Waals surface area contributed by atoms with E-state index in [0.717, 1.165) is 13.1 Å². The van der Waals surface area contributed by atoms with E-state index in [1.54, 1.807) is 11.1 Å². The maximum Gasteiger partial charge on any atom is 0.0433 e. The minimum atomic E-state index is 1.07. The molecule has 0 saturated heterocycles. The second-order valence-corrected chi connectivity index (χ2v) is 4.83. The van der Waals surface area contributed by atoms with Crippen molar-refractivity contribution < 1.29 is 0 Å². The van der Waals surface area contributed by atoms with E-state index in [0.29, 0.717) is 0 Å². The van der Waals surface area contributed by atoms with Gasteiger partial charge >= 0.3 is 0 Å². The average Bonchev–Trinajstić information content (AvgIpc) is 2.77. The van der Waals surface area contributed by atoms with Gasteiger partial charge in [0.2, 0.25) is 0 Å². The average molecular weight is 199 g/mol. The highest BCUT2D eigenvalue weighted by molar-refractivity contribution is 5.43. The molecule has 0 radical (unpaired) electrons. The second-order valence-electron chi connectivity index (χ2n) is 4.83. The van der Waals surface area contributed by atoms with Gasteiger partial charge in [-0.2, -0.15) is 0 Å². The zero-order valence-corrected chi connectivity index (χ0v) is 9.34. The van der Waals surface area contributed by atoms with E-state index >= 15 is 0 Å². The van der Waals surface area contributed by atoms with Crippen molar-refractivity contribution >= 4 is 0 Å². The van der Waals surface area contributed by atoms with Crippen LogP contribution in [0.3, 0.4) is 0 Å². The first-order valence-electron chi connectivity index (χ1n) is 5.78. The van der Waals surface area contributed by atoms with Gasteiger partial charge in [0.05, 0.1) is 0 Å². The molecule has 2 aliphatic rings. The zero-order chi connectivity index (χ0) is 10.4. The van der Waals surface area contributed by atoms with Gasteiger partial charge < -0.3 is 4.90 Å². The fourth-order valence-electron chi connectivity index (χ4n) is 2.76. The number of aryl methyl sites for hydroxylation is 2. The molecular weight excluding hydrogens is 182 g/mol. The SMILES string of the molecule is C=C(C)N1Cc2cc3c(cc2C1)CCC3. The summed E-state index contributed by atoms with van der Waals surface area (Å²) in [7, 11) is 0. The molecule has 1 heterocycles. The second kappa shape index (κ2) is 3.13. The third kappa shape index (κ3) is 1.38. The molecule has 0 aromatic heterocycles. The van der Waals surface area contributed by atoms with Crippen molar-refractivity contribution in [2.45, 2.75) is 39.3 Å². The van der Waals surface area contributed by atoms with E-state index in [1.807, 2.05) is 0 Å². The van der Waals surface area contributed by atoms with Crippen LogP contribution in [0.4, 0.5) is 0 Å². The van der Waals surface area contributed by atoms with Crippen LogP contribution in [0.5, 0.6) is 0 Å². The summed E-state index contributed by atoms with van der Waals surface area (Å²) in [5, 5.41) is 0. The normalized spacial score (nSPS) is 17.8. The maximum absolute atomic E-state index is 4.03. The number of benzene rings is 1. The summed E-state index contributed by atoms with van der Waals surface area (Å²) in [6.45, 7) is 8.26. The summed E-state index contributed by atoms with van der Waals surface area (Å²) >= 11 is 0. The molecule has 1 heteroatoms. The maximum atomic E-state index is 4.03. The van der Waals surface area contributed by atoms with Crippen molar-refractivity contribution in [1.29, 1.82) is 0 Å². The molecule has 1 aliphatic carbocycles. The molecule has 1 nitrogen and oxygen atoms in total. The lowest BCUT2D eigenvalue weighted by atomic mass is 10.0. The molecule has 15 heavy (non-hydrogen) atoms. The quantitative estimate of drug-likeness (QED) is 0.672. The predicted molar refractivity (Wildman–Crippen MR) is 62.5 cm³/mol. The topological polar surface area (TPSA) is 3.24 Å². The lowest BCUT2D eigenvalue weighted by molar-refractivity contribution is 0.365. The Balaban J connectivity index is 1.98. The molecule has 3 rings (SSSR count). The van der Waals surface area contributed by atoms with Gasteiger partial charge in [-0.1, -0.05) is 18.7 Å². The molecule has 0 spiro atoms. The Morgan fingerprint density at radius 2 is 1.60 bits per heavy atom. The molecule has 0 bridgehead atoms. The first-order chi connectivity index (χ1) is 7.24. The van der Waals surface area contributed by atoms with Crippen LogP contribution in [0.25, 0.3) is 0 Å². The van der Waals surface area contributed by atoms with Crippen LogP contribution in [0.1, 0.15) is 35.6 Å². The first-order valence-corrected chi connectivity index (χ1v) is 5.78. The molecule has 1 aromatic carbocycles. The molecule has 78 valence electrons. The van der Waals surface area contributed by atoms with Gasteiger partial charge in [-0.15, -0.1) is 0 Å². The highest BCUT2D eigenvalue weighted by atomic mass is 15.1. The van der Waals surface area contributed by atoms with Crippen LogP contribution in [0.2, 0.25) is 0 Å². The Bertz CT molecular complexity index is 398. The number of hydrogen-bond acceptors (Lipinski definition) is 1. The summed E-state index contributed by atoms with van der Waals surface area (Å²) in [5.41, 5.74) is 7.43. The van der Waals surface area contributed by atoms with Gasteiger partial charge in [0, 0.05) is 18.8 Å². The van der Waals surface area contributed by atoms with Gasteiger partial charge in [0.15, 0.2) is 0 Å². The van der Waals surface area contributed by atoms with Crippen LogP contribution in [0.15, 0.2) is 24.4 Å². The molecule has 0 unspecified atom stereocenters. The van der Waals surface area contributed by atoms with Crippen LogP contribution >= 0.6 is 0 Å². The molecule has 0 N–H and O–H groups in total. The fourth-order valence-corrected chi connectivity index (χ4v) is 2.76. The van der Waals surface area contributed by atoms with E-state index in [1.165, 1.54) is 36.1 Å². The molecule has 1 aliphatic heterocycles. The standard InChI is InChI=1S/C14H17N/c1-10(2)15-8-13-6-11-4-3-5-12(11)7-14(13)9-15/h6-7H,1,3-5,8-9H2,2H3. The molecule has 0 fully saturated rings. The van der Waals surface area contributed by atoms with E-state index in [-0.39, 0.29) is 0 Å². The van der Waals surface area contributed by atoms with Gasteiger partial charge in [-0.3, -0.25) is 0 Å². The Labute approximate surface area is 91.4 Å². The highest BCUT2D eigenvalue weighted by Crippen LogP contribution is 2.31. The van der Waals surface area contributed by atoms with E-state index in [2.05, 4.69) is 30.5 Å². The molecular formula is C14H17N. The Kier molecular flexibility index (Phi) is 1.88. The van der Waals surface area contributed by atoms with Crippen molar-refractivity contribution in [3.05, 3.63) is 46.7 Å². The summed E-state index contributed by atoms with van der Waals surface area (Å²) in [5.74, 6) is 0. The highest BCUT2D eigenvalue weighted by Gasteiger charge is 2.21. The van der Waals surface area contributed by atoms with E-state index < -0.39 is 0 Å². The summed E-state index contributed by atoms with van der Waals surface area (Å²) < 4.78 is 0. The fraction of sp³-hybridized carbons (Fsp3) is 0.429.